The molecular formula is C14H12BrF3N2. The van der Waals surface area contributed by atoms with E-state index >= 15 is 0 Å². The number of hydrogen-bond acceptors (Lipinski definition) is 2. The second kappa shape index (κ2) is 5.83. The van der Waals surface area contributed by atoms with Gasteiger partial charge in [0.2, 0.25) is 0 Å². The van der Waals surface area contributed by atoms with Crippen LogP contribution in [0.3, 0.4) is 0 Å². The third-order valence-electron chi connectivity index (χ3n) is 2.79. The van der Waals surface area contributed by atoms with Gasteiger partial charge in [0.1, 0.15) is 0 Å². The third kappa shape index (κ3) is 3.50. The lowest BCUT2D eigenvalue weighted by atomic mass is 10.1. The molecule has 1 N–H and O–H groups in total. The molecule has 0 saturated carbocycles. The standard InChI is InChI=1S/C14H12BrF3N2/c1-9(12-4-2-3-7-19-12)20-13-8-10(15)5-6-11(13)14(16,17)18/h2-9,20H,1H3. The molecule has 0 aliphatic carbocycles. The second-order valence-corrected chi connectivity index (χ2v) is 5.22. The van der Waals surface area contributed by atoms with E-state index in [1.807, 2.05) is 0 Å². The van der Waals surface area contributed by atoms with E-state index in [-0.39, 0.29) is 11.7 Å². The van der Waals surface area contributed by atoms with Crippen molar-refractivity contribution < 1.29 is 13.2 Å². The Morgan fingerprint density at radius 3 is 2.55 bits per heavy atom. The van der Waals surface area contributed by atoms with Crippen LogP contribution in [0.4, 0.5) is 18.9 Å². The molecule has 1 aromatic carbocycles. The summed E-state index contributed by atoms with van der Waals surface area (Å²) in [5.74, 6) is 0. The maximum atomic E-state index is 13.0. The zero-order chi connectivity index (χ0) is 14.8. The Morgan fingerprint density at radius 1 is 1.20 bits per heavy atom. The van der Waals surface area contributed by atoms with Crippen LogP contribution in [0.5, 0.6) is 0 Å². The summed E-state index contributed by atoms with van der Waals surface area (Å²) in [6.45, 7) is 1.77. The van der Waals surface area contributed by atoms with Gasteiger partial charge in [-0.1, -0.05) is 22.0 Å². The molecular weight excluding hydrogens is 333 g/mol. The monoisotopic (exact) mass is 344 g/mol. The highest BCUT2D eigenvalue weighted by Gasteiger charge is 2.33. The molecule has 0 aliphatic rings. The molecule has 106 valence electrons. The first-order valence-electron chi connectivity index (χ1n) is 5.92. The van der Waals surface area contributed by atoms with Crippen molar-refractivity contribution in [3.8, 4) is 0 Å². The normalized spacial score (nSPS) is 13.1. The molecule has 0 aliphatic heterocycles. The van der Waals surface area contributed by atoms with Crippen molar-refractivity contribution >= 4 is 21.6 Å². The van der Waals surface area contributed by atoms with Crippen molar-refractivity contribution in [3.63, 3.8) is 0 Å². The summed E-state index contributed by atoms with van der Waals surface area (Å²) < 4.78 is 39.5. The lowest BCUT2D eigenvalue weighted by Crippen LogP contribution is -2.14. The lowest BCUT2D eigenvalue weighted by molar-refractivity contribution is -0.137. The number of alkyl halides is 3. The van der Waals surface area contributed by atoms with Crippen molar-refractivity contribution in [1.29, 1.82) is 0 Å². The Kier molecular flexibility index (Phi) is 4.32. The maximum absolute atomic E-state index is 13.0. The third-order valence-corrected chi connectivity index (χ3v) is 3.28. The van der Waals surface area contributed by atoms with Gasteiger partial charge in [-0.05, 0) is 37.3 Å². The Bertz CT molecular complexity index is 585. The number of hydrogen-bond donors (Lipinski definition) is 1. The highest BCUT2D eigenvalue weighted by molar-refractivity contribution is 9.10. The van der Waals surface area contributed by atoms with Crippen LogP contribution in [-0.4, -0.2) is 4.98 Å². The summed E-state index contributed by atoms with van der Waals surface area (Å²) >= 11 is 3.19. The number of nitrogens with one attached hydrogen (secondary N) is 1. The quantitative estimate of drug-likeness (QED) is 0.843. The van der Waals surface area contributed by atoms with E-state index in [0.717, 1.165) is 6.07 Å². The minimum Gasteiger partial charge on any atom is -0.376 e. The minimum atomic E-state index is -4.40. The molecule has 0 amide bonds. The summed E-state index contributed by atoms with van der Waals surface area (Å²) in [5.41, 5.74) is 0.0223. The van der Waals surface area contributed by atoms with E-state index in [0.29, 0.717) is 10.2 Å². The molecule has 0 bridgehead atoms. The van der Waals surface area contributed by atoms with Crippen LogP contribution >= 0.6 is 15.9 Å². The smallest absolute Gasteiger partial charge is 0.376 e. The van der Waals surface area contributed by atoms with E-state index in [9.17, 15) is 13.2 Å². The molecule has 2 rings (SSSR count). The summed E-state index contributed by atoms with van der Waals surface area (Å²) in [5, 5.41) is 2.86. The molecule has 6 heteroatoms. The highest BCUT2D eigenvalue weighted by atomic mass is 79.9. The van der Waals surface area contributed by atoms with Gasteiger partial charge in [-0.25, -0.2) is 0 Å². The van der Waals surface area contributed by atoms with E-state index in [2.05, 4.69) is 26.2 Å². The lowest BCUT2D eigenvalue weighted by Gasteiger charge is -2.19. The van der Waals surface area contributed by atoms with Crippen LogP contribution in [-0.2, 0) is 6.18 Å². The predicted octanol–water partition coefficient (Wildman–Crippen LogP) is 5.04. The molecule has 0 spiro atoms. The first kappa shape index (κ1) is 14.8. The minimum absolute atomic E-state index is 0.0324. The highest BCUT2D eigenvalue weighted by Crippen LogP contribution is 2.37. The fourth-order valence-electron chi connectivity index (χ4n) is 1.82. The van der Waals surface area contributed by atoms with Crippen molar-refractivity contribution in [1.82, 2.24) is 4.98 Å². The number of rotatable bonds is 3. The Labute approximate surface area is 123 Å². The maximum Gasteiger partial charge on any atom is 0.418 e. The van der Waals surface area contributed by atoms with Gasteiger partial charge in [0, 0.05) is 16.4 Å². The number of halogens is 4. The first-order chi connectivity index (χ1) is 9.38. The Hall–Kier alpha value is -1.56. The molecule has 1 atom stereocenters. The van der Waals surface area contributed by atoms with Crippen LogP contribution in [0.25, 0.3) is 0 Å². The van der Waals surface area contributed by atoms with Gasteiger partial charge in [-0.2, -0.15) is 13.2 Å². The van der Waals surface area contributed by atoms with Gasteiger partial charge in [0.25, 0.3) is 0 Å². The van der Waals surface area contributed by atoms with E-state index in [1.165, 1.54) is 12.1 Å². The van der Waals surface area contributed by atoms with Gasteiger partial charge in [0.15, 0.2) is 0 Å². The summed E-state index contributed by atoms with van der Waals surface area (Å²) in [6.07, 6.45) is -2.79. The fourth-order valence-corrected chi connectivity index (χ4v) is 2.18. The summed E-state index contributed by atoms with van der Waals surface area (Å²) in [6, 6.07) is 8.84. The zero-order valence-electron chi connectivity index (χ0n) is 10.6. The topological polar surface area (TPSA) is 24.9 Å². The number of nitrogens with zero attached hydrogens (tertiary/aromatic N) is 1. The van der Waals surface area contributed by atoms with Gasteiger partial charge in [0.05, 0.1) is 17.3 Å². The molecule has 2 aromatic rings. The van der Waals surface area contributed by atoms with E-state index in [1.54, 1.807) is 31.3 Å². The Balaban J connectivity index is 2.31. The van der Waals surface area contributed by atoms with Crippen molar-refractivity contribution in [2.75, 3.05) is 5.32 Å². The van der Waals surface area contributed by atoms with Crippen molar-refractivity contribution in [3.05, 3.63) is 58.3 Å². The average molecular weight is 345 g/mol. The van der Waals surface area contributed by atoms with Gasteiger partial charge < -0.3 is 5.32 Å². The van der Waals surface area contributed by atoms with Crippen LogP contribution in [0.15, 0.2) is 47.1 Å². The molecule has 1 unspecified atom stereocenters. The van der Waals surface area contributed by atoms with Crippen LogP contribution in [0.1, 0.15) is 24.2 Å². The van der Waals surface area contributed by atoms with Crippen LogP contribution < -0.4 is 5.32 Å². The van der Waals surface area contributed by atoms with Crippen molar-refractivity contribution in [2.24, 2.45) is 0 Å². The van der Waals surface area contributed by atoms with Gasteiger partial charge in [-0.3, -0.25) is 4.98 Å². The number of anilines is 1. The van der Waals surface area contributed by atoms with E-state index < -0.39 is 11.7 Å². The van der Waals surface area contributed by atoms with Gasteiger partial charge in [-0.15, -0.1) is 0 Å². The molecule has 0 fully saturated rings. The zero-order valence-corrected chi connectivity index (χ0v) is 12.2. The fraction of sp³-hybridized carbons (Fsp3) is 0.214. The first-order valence-corrected chi connectivity index (χ1v) is 6.71. The summed E-state index contributed by atoms with van der Waals surface area (Å²) in [4.78, 5) is 4.13. The molecule has 0 saturated heterocycles. The predicted molar refractivity (Wildman–Crippen MR) is 75.4 cm³/mol. The van der Waals surface area contributed by atoms with Crippen LogP contribution in [0.2, 0.25) is 0 Å². The molecule has 0 radical (unpaired) electrons. The molecule has 1 aromatic heterocycles. The summed E-state index contributed by atoms with van der Waals surface area (Å²) in [7, 11) is 0. The van der Waals surface area contributed by atoms with Crippen LogP contribution in [0, 0.1) is 0 Å². The second-order valence-electron chi connectivity index (χ2n) is 4.31. The van der Waals surface area contributed by atoms with Gasteiger partial charge >= 0.3 is 6.18 Å². The SMILES string of the molecule is CC(Nc1cc(Br)ccc1C(F)(F)F)c1ccccn1. The largest absolute Gasteiger partial charge is 0.418 e. The molecule has 1 heterocycles. The molecule has 20 heavy (non-hydrogen) atoms. The Morgan fingerprint density at radius 2 is 1.95 bits per heavy atom. The number of benzene rings is 1. The average Bonchev–Trinajstić information content (AvgIpc) is 2.38. The number of pyridine rings is 1. The number of aromatic nitrogens is 1. The molecule has 2 nitrogen and oxygen atoms in total. The van der Waals surface area contributed by atoms with E-state index in [4.69, 9.17) is 0 Å². The van der Waals surface area contributed by atoms with Crippen molar-refractivity contribution in [2.45, 2.75) is 19.1 Å².